The largest absolute Gasteiger partial charge is 0.458 e. The maximum atomic E-state index is 6.67. The van der Waals surface area contributed by atoms with Gasteiger partial charge in [0.05, 0.1) is 5.69 Å². The molecule has 0 fully saturated rings. The van der Waals surface area contributed by atoms with Crippen molar-refractivity contribution in [3.8, 4) is 33.8 Å². The zero-order valence-electron chi connectivity index (χ0n) is 28.9. The summed E-state index contributed by atoms with van der Waals surface area (Å²) in [6.45, 7) is 0. The average Bonchev–Trinajstić information content (AvgIpc) is 3.51. The van der Waals surface area contributed by atoms with Gasteiger partial charge in [-0.3, -0.25) is 0 Å². The van der Waals surface area contributed by atoms with Gasteiger partial charge in [0.1, 0.15) is 11.5 Å². The number of nitrogens with zero attached hydrogens (tertiary/aromatic N) is 1. The highest BCUT2D eigenvalue weighted by Crippen LogP contribution is 2.44. The Bertz CT molecular complexity index is 2830. The van der Waals surface area contributed by atoms with Gasteiger partial charge >= 0.3 is 0 Å². The number of ether oxygens (including phenoxy) is 1. The molecule has 9 aromatic rings. The lowest BCUT2D eigenvalue weighted by Gasteiger charge is -2.37. The highest BCUT2D eigenvalue weighted by atomic mass is 28.3. The quantitative estimate of drug-likeness (QED) is 0.135. The Labute approximate surface area is 309 Å². The molecule has 0 amide bonds. The number of fused-ring (bicyclic) bond motifs is 12. The van der Waals surface area contributed by atoms with E-state index < -0.39 is 8.07 Å². The van der Waals surface area contributed by atoms with E-state index in [4.69, 9.17) is 4.74 Å². The molecule has 0 bridgehead atoms. The first-order valence-electron chi connectivity index (χ1n) is 18.3. The number of hydrogen-bond acceptors (Lipinski definition) is 2. The lowest BCUT2D eigenvalue weighted by Crippen LogP contribution is -2.74. The van der Waals surface area contributed by atoms with Crippen molar-refractivity contribution in [3.05, 3.63) is 200 Å². The monoisotopic (exact) mass is 691 g/mol. The van der Waals surface area contributed by atoms with Crippen LogP contribution in [0.2, 0.25) is 0 Å². The van der Waals surface area contributed by atoms with E-state index in [2.05, 4.69) is 205 Å². The molecule has 2 heterocycles. The van der Waals surface area contributed by atoms with Gasteiger partial charge in [0.2, 0.25) is 0 Å². The summed E-state index contributed by atoms with van der Waals surface area (Å²) < 4.78 is 6.67. The van der Waals surface area contributed by atoms with Crippen LogP contribution in [0.25, 0.3) is 43.8 Å². The van der Waals surface area contributed by atoms with Crippen LogP contribution in [0.1, 0.15) is 0 Å². The summed E-state index contributed by atoms with van der Waals surface area (Å²) in [4.78, 5) is 2.48. The second kappa shape index (κ2) is 11.7. The predicted molar refractivity (Wildman–Crippen MR) is 224 cm³/mol. The fourth-order valence-electron chi connectivity index (χ4n) is 9.06. The average molecular weight is 692 g/mol. The number of benzene rings is 9. The molecule has 0 aliphatic carbocycles. The Balaban J connectivity index is 1.21. The minimum atomic E-state index is -2.78. The van der Waals surface area contributed by atoms with Crippen LogP contribution in [-0.4, -0.2) is 8.07 Å². The molecule has 0 atom stereocenters. The number of hydrogen-bond donors (Lipinski definition) is 0. The molecular weight excluding hydrogens is 659 g/mol. The van der Waals surface area contributed by atoms with Crippen molar-refractivity contribution >= 4 is 67.4 Å². The summed E-state index contributed by atoms with van der Waals surface area (Å²) in [5, 5.41) is 10.4. The molecule has 248 valence electrons. The van der Waals surface area contributed by atoms with Crippen LogP contribution >= 0.6 is 0 Å². The van der Waals surface area contributed by atoms with E-state index in [1.165, 1.54) is 64.5 Å². The highest BCUT2D eigenvalue weighted by Gasteiger charge is 2.53. The van der Waals surface area contributed by atoms with Crippen LogP contribution in [-0.2, 0) is 0 Å². The number of anilines is 3. The smallest absolute Gasteiger partial charge is 0.189 e. The van der Waals surface area contributed by atoms with E-state index in [9.17, 15) is 0 Å². The van der Waals surface area contributed by atoms with Crippen LogP contribution in [0.3, 0.4) is 0 Å². The van der Waals surface area contributed by atoms with Crippen molar-refractivity contribution in [2.24, 2.45) is 0 Å². The van der Waals surface area contributed by atoms with E-state index in [-0.39, 0.29) is 0 Å². The fraction of sp³-hybridized carbons (Fsp3) is 0. The van der Waals surface area contributed by atoms with Gasteiger partial charge in [-0.1, -0.05) is 158 Å². The van der Waals surface area contributed by atoms with Crippen LogP contribution in [0.5, 0.6) is 11.5 Å². The summed E-state index contributed by atoms with van der Waals surface area (Å²) >= 11 is 0. The molecule has 53 heavy (non-hydrogen) atoms. The third-order valence-corrected chi connectivity index (χ3v) is 16.2. The molecular formula is C50H33NOSi. The summed E-state index contributed by atoms with van der Waals surface area (Å²) in [6.07, 6.45) is 0. The fourth-order valence-corrected chi connectivity index (χ4v) is 14.5. The zero-order valence-corrected chi connectivity index (χ0v) is 29.9. The van der Waals surface area contributed by atoms with Crippen molar-refractivity contribution in [1.29, 1.82) is 0 Å². The van der Waals surface area contributed by atoms with Gasteiger partial charge in [0, 0.05) is 16.8 Å². The number of para-hydroxylation sites is 2. The van der Waals surface area contributed by atoms with Crippen LogP contribution in [0.15, 0.2) is 200 Å². The Morgan fingerprint density at radius 1 is 0.358 bits per heavy atom. The third-order valence-electron chi connectivity index (χ3n) is 11.3. The van der Waals surface area contributed by atoms with Gasteiger partial charge in [0.15, 0.2) is 8.07 Å². The number of rotatable bonds is 4. The van der Waals surface area contributed by atoms with Gasteiger partial charge < -0.3 is 9.64 Å². The molecule has 11 rings (SSSR count). The minimum absolute atomic E-state index is 0.958. The van der Waals surface area contributed by atoms with E-state index >= 15 is 0 Å². The highest BCUT2D eigenvalue weighted by molar-refractivity contribution is 7.23. The molecule has 3 heteroatoms. The summed E-state index contributed by atoms with van der Waals surface area (Å²) in [6, 6.07) is 73.4. The molecule has 2 aliphatic heterocycles. The van der Waals surface area contributed by atoms with Crippen LogP contribution in [0.4, 0.5) is 17.1 Å². The molecule has 0 aromatic heterocycles. The van der Waals surface area contributed by atoms with E-state index in [1.54, 1.807) is 0 Å². The maximum absolute atomic E-state index is 6.67. The second-order valence-corrected chi connectivity index (χ2v) is 17.7. The maximum Gasteiger partial charge on any atom is 0.189 e. The van der Waals surface area contributed by atoms with Crippen LogP contribution in [0, 0.1) is 0 Å². The molecule has 0 unspecified atom stereocenters. The van der Waals surface area contributed by atoms with Gasteiger partial charge in [-0.25, -0.2) is 0 Å². The normalized spacial score (nSPS) is 13.2. The predicted octanol–water partition coefficient (Wildman–Crippen LogP) is 10.6. The summed E-state index contributed by atoms with van der Waals surface area (Å²) in [5.41, 5.74) is 8.45. The van der Waals surface area contributed by atoms with Crippen molar-refractivity contribution in [3.63, 3.8) is 0 Å². The zero-order chi connectivity index (χ0) is 34.9. The molecule has 2 aliphatic rings. The SMILES string of the molecule is c1ccc(-c2ccc(N(c3ccc4c(c3)[Si]3(c5ccccc5Oc5ccccc53)c3ccccc3-4)c3cc4ccccc4c4ccccc34)cc2)cc1. The van der Waals surface area contributed by atoms with E-state index in [0.29, 0.717) is 0 Å². The van der Waals surface area contributed by atoms with Crippen LogP contribution < -0.4 is 30.4 Å². The van der Waals surface area contributed by atoms with Gasteiger partial charge in [-0.2, -0.15) is 0 Å². The topological polar surface area (TPSA) is 12.5 Å². The molecule has 0 saturated heterocycles. The van der Waals surface area contributed by atoms with Crippen molar-refractivity contribution in [2.45, 2.75) is 0 Å². The van der Waals surface area contributed by atoms with Crippen molar-refractivity contribution < 1.29 is 4.74 Å². The second-order valence-electron chi connectivity index (χ2n) is 14.0. The summed E-state index contributed by atoms with van der Waals surface area (Å²) in [7, 11) is -2.78. The first kappa shape index (κ1) is 30.0. The molecule has 0 N–H and O–H groups in total. The molecule has 9 aromatic carbocycles. The molecule has 1 spiro atoms. The first-order chi connectivity index (χ1) is 26.3. The summed E-state index contributed by atoms with van der Waals surface area (Å²) in [5.74, 6) is 1.92. The van der Waals surface area contributed by atoms with E-state index in [0.717, 1.165) is 28.6 Å². The van der Waals surface area contributed by atoms with Gasteiger partial charge in [-0.15, -0.1) is 0 Å². The van der Waals surface area contributed by atoms with Crippen molar-refractivity contribution in [2.75, 3.05) is 4.90 Å². The standard InChI is InChI=1S/C50H33NOSi/c1-2-14-34(15-3-1)35-26-28-37(29-27-35)51(44-32-36-16-4-5-17-39(36)40-18-6-7-19-41(40)44)38-30-31-43-42-20-8-11-23-47(42)53(50(43)33-38)48-24-12-9-21-45(48)52-46-22-10-13-25-49(46)53/h1-33H. The minimum Gasteiger partial charge on any atom is -0.458 e. The molecule has 2 nitrogen and oxygen atoms in total. The first-order valence-corrected chi connectivity index (χ1v) is 20.3. The Hall–Kier alpha value is -6.68. The Morgan fingerprint density at radius 3 is 1.66 bits per heavy atom. The Kier molecular flexibility index (Phi) is 6.61. The lowest BCUT2D eigenvalue weighted by atomic mass is 9.98. The van der Waals surface area contributed by atoms with E-state index in [1.807, 2.05) is 0 Å². The molecule has 0 saturated carbocycles. The van der Waals surface area contributed by atoms with Crippen molar-refractivity contribution in [1.82, 2.24) is 0 Å². The Morgan fingerprint density at radius 2 is 0.906 bits per heavy atom. The van der Waals surface area contributed by atoms with Gasteiger partial charge in [0.25, 0.3) is 0 Å². The molecule has 0 radical (unpaired) electrons. The lowest BCUT2D eigenvalue weighted by molar-refractivity contribution is 0.487. The third kappa shape index (κ3) is 4.38. The van der Waals surface area contributed by atoms with Gasteiger partial charge in [-0.05, 0) is 102 Å².